The number of carbonyl (C=O) groups excluding carboxylic acids is 1. The number of unbranched alkanes of at least 4 members (excludes halogenated alkanes) is 2. The molecule has 0 fully saturated rings. The second-order valence-electron chi connectivity index (χ2n) is 3.18. The molecule has 0 unspecified atom stereocenters. The van der Waals surface area contributed by atoms with Crippen LogP contribution in [0.3, 0.4) is 0 Å². The number of rotatable bonds is 7. The molecule has 0 rings (SSSR count). The first-order chi connectivity index (χ1) is 6.26. The van der Waals surface area contributed by atoms with Crippen LogP contribution in [0.5, 0.6) is 0 Å². The number of hydrogen-bond acceptors (Lipinski definition) is 1. The summed E-state index contributed by atoms with van der Waals surface area (Å²) < 4.78 is 0. The number of nitrogens with zero attached hydrogens (tertiary/aromatic N) is 1. The lowest BCUT2D eigenvalue weighted by molar-refractivity contribution is -0.130. The first-order valence-corrected chi connectivity index (χ1v) is 5.18. The van der Waals surface area contributed by atoms with E-state index in [2.05, 4.69) is 6.92 Å². The van der Waals surface area contributed by atoms with E-state index in [0.717, 1.165) is 19.5 Å². The minimum Gasteiger partial charge on any atom is -0.343 e. The maximum absolute atomic E-state index is 11.4. The normalized spacial score (nSPS) is 10.1. The summed E-state index contributed by atoms with van der Waals surface area (Å²) in [5, 5.41) is 0. The molecule has 0 atom stereocenters. The van der Waals surface area contributed by atoms with Crippen molar-refractivity contribution in [2.45, 2.75) is 39.5 Å². The van der Waals surface area contributed by atoms with Crippen molar-refractivity contribution in [1.82, 2.24) is 10.6 Å². The fraction of sp³-hybridized carbons (Fsp3) is 0.900. The highest BCUT2D eigenvalue weighted by Gasteiger charge is 2.08. The molecule has 0 saturated heterocycles. The van der Waals surface area contributed by atoms with E-state index in [-0.39, 0.29) is 12.5 Å². The molecule has 1 radical (unpaired) electrons. The Bertz CT molecular complexity index is 137. The molecule has 3 heteroatoms. The van der Waals surface area contributed by atoms with Gasteiger partial charge >= 0.3 is 0 Å². The number of amides is 1. The number of carbonyl (C=O) groups is 1. The molecule has 13 heavy (non-hydrogen) atoms. The van der Waals surface area contributed by atoms with Crippen molar-refractivity contribution in [3.63, 3.8) is 0 Å². The van der Waals surface area contributed by atoms with Gasteiger partial charge in [-0.2, -0.15) is 0 Å². The summed E-state index contributed by atoms with van der Waals surface area (Å²) in [5.41, 5.74) is 6.97. The van der Waals surface area contributed by atoms with Crippen molar-refractivity contribution in [2.24, 2.45) is 0 Å². The predicted octanol–water partition coefficient (Wildman–Crippen LogP) is 1.70. The van der Waals surface area contributed by atoms with E-state index < -0.39 is 0 Å². The summed E-state index contributed by atoms with van der Waals surface area (Å²) in [7, 11) is 0. The lowest BCUT2D eigenvalue weighted by Crippen LogP contribution is -2.32. The Labute approximate surface area is 81.3 Å². The highest BCUT2D eigenvalue weighted by Crippen LogP contribution is 2.00. The summed E-state index contributed by atoms with van der Waals surface area (Å²) in [5.74, 6) is 0.133. The minimum atomic E-state index is 0.133. The van der Waals surface area contributed by atoms with Crippen LogP contribution in [-0.4, -0.2) is 30.4 Å². The van der Waals surface area contributed by atoms with Gasteiger partial charge in [0.2, 0.25) is 5.91 Å². The van der Waals surface area contributed by atoms with Gasteiger partial charge in [0, 0.05) is 26.1 Å². The first kappa shape index (κ1) is 12.4. The second-order valence-corrected chi connectivity index (χ2v) is 3.18. The molecule has 1 amide bonds. The third-order valence-corrected chi connectivity index (χ3v) is 2.10. The third kappa shape index (κ3) is 5.64. The number of hydrogen-bond donors (Lipinski definition) is 0. The van der Waals surface area contributed by atoms with Gasteiger partial charge in [-0.25, -0.2) is 0 Å². The molecule has 0 heterocycles. The Balaban J connectivity index is 3.67. The first-order valence-electron chi connectivity index (χ1n) is 5.18. The van der Waals surface area contributed by atoms with Crippen molar-refractivity contribution in [3.05, 3.63) is 0 Å². The molecular formula is C10H21N2O. The van der Waals surface area contributed by atoms with Crippen molar-refractivity contribution in [2.75, 3.05) is 19.6 Å². The van der Waals surface area contributed by atoms with Crippen LogP contribution in [0.15, 0.2) is 0 Å². The van der Waals surface area contributed by atoms with Crippen LogP contribution in [-0.2, 0) is 4.79 Å². The molecule has 0 aromatic carbocycles. The van der Waals surface area contributed by atoms with Gasteiger partial charge in [0.1, 0.15) is 0 Å². The van der Waals surface area contributed by atoms with Gasteiger partial charge in [-0.15, -0.1) is 0 Å². The summed E-state index contributed by atoms with van der Waals surface area (Å²) in [4.78, 5) is 13.2. The van der Waals surface area contributed by atoms with E-state index in [0.29, 0.717) is 6.42 Å². The van der Waals surface area contributed by atoms with Crippen LogP contribution in [0, 0.1) is 0 Å². The minimum absolute atomic E-state index is 0.133. The highest BCUT2D eigenvalue weighted by molar-refractivity contribution is 5.76. The zero-order chi connectivity index (χ0) is 10.1. The molecule has 77 valence electrons. The lowest BCUT2D eigenvalue weighted by atomic mass is 10.2. The maximum Gasteiger partial charge on any atom is 0.223 e. The standard InChI is InChI=1S/C10H21N2O/c1-3-5-6-9-12(4-2)10(13)7-8-11/h11H,3-9H2,1-2H3. The zero-order valence-electron chi connectivity index (χ0n) is 8.81. The highest BCUT2D eigenvalue weighted by atomic mass is 16.2. The molecule has 0 aromatic heterocycles. The quantitative estimate of drug-likeness (QED) is 0.557. The zero-order valence-corrected chi connectivity index (χ0v) is 8.81. The Morgan fingerprint density at radius 2 is 2.00 bits per heavy atom. The Hall–Kier alpha value is -0.570. The van der Waals surface area contributed by atoms with Gasteiger partial charge < -0.3 is 4.90 Å². The average Bonchev–Trinajstić information content (AvgIpc) is 2.13. The van der Waals surface area contributed by atoms with Gasteiger partial charge in [-0.1, -0.05) is 19.8 Å². The molecule has 0 aromatic rings. The van der Waals surface area contributed by atoms with Gasteiger partial charge in [-0.3, -0.25) is 10.5 Å². The van der Waals surface area contributed by atoms with Gasteiger partial charge in [0.05, 0.1) is 0 Å². The second kappa shape index (κ2) is 8.05. The fourth-order valence-corrected chi connectivity index (χ4v) is 1.28. The van der Waals surface area contributed by atoms with Crippen LogP contribution in [0.1, 0.15) is 39.5 Å². The van der Waals surface area contributed by atoms with Crippen LogP contribution in [0.4, 0.5) is 0 Å². The van der Waals surface area contributed by atoms with E-state index in [1.807, 2.05) is 11.8 Å². The molecular weight excluding hydrogens is 164 g/mol. The molecule has 0 aliphatic heterocycles. The van der Waals surface area contributed by atoms with Crippen LogP contribution in [0.2, 0.25) is 0 Å². The average molecular weight is 185 g/mol. The monoisotopic (exact) mass is 185 g/mol. The van der Waals surface area contributed by atoms with E-state index in [4.69, 9.17) is 5.73 Å². The summed E-state index contributed by atoms with van der Waals surface area (Å²) in [6.07, 6.45) is 3.84. The maximum atomic E-state index is 11.4. The predicted molar refractivity (Wildman–Crippen MR) is 54.4 cm³/mol. The molecule has 0 aliphatic rings. The topological polar surface area (TPSA) is 44.1 Å². The summed E-state index contributed by atoms with van der Waals surface area (Å²) in [6, 6.07) is 0. The summed E-state index contributed by atoms with van der Waals surface area (Å²) in [6.45, 7) is 6.00. The fourth-order valence-electron chi connectivity index (χ4n) is 1.28. The van der Waals surface area contributed by atoms with Gasteiger partial charge in [0.15, 0.2) is 0 Å². The van der Waals surface area contributed by atoms with E-state index in [9.17, 15) is 4.79 Å². The van der Waals surface area contributed by atoms with Crippen LogP contribution in [0.25, 0.3) is 0 Å². The van der Waals surface area contributed by atoms with E-state index >= 15 is 0 Å². The largest absolute Gasteiger partial charge is 0.343 e. The molecule has 0 aliphatic carbocycles. The van der Waals surface area contributed by atoms with Gasteiger partial charge in [0.25, 0.3) is 0 Å². The smallest absolute Gasteiger partial charge is 0.223 e. The van der Waals surface area contributed by atoms with Crippen LogP contribution < -0.4 is 5.73 Å². The lowest BCUT2D eigenvalue weighted by Gasteiger charge is -2.20. The number of nitrogens with one attached hydrogen (secondary N) is 1. The van der Waals surface area contributed by atoms with Crippen molar-refractivity contribution >= 4 is 5.91 Å². The third-order valence-electron chi connectivity index (χ3n) is 2.10. The molecule has 0 bridgehead atoms. The summed E-state index contributed by atoms with van der Waals surface area (Å²) >= 11 is 0. The Kier molecular flexibility index (Phi) is 7.69. The molecule has 3 nitrogen and oxygen atoms in total. The van der Waals surface area contributed by atoms with E-state index in [1.165, 1.54) is 12.8 Å². The van der Waals surface area contributed by atoms with Crippen molar-refractivity contribution in [3.8, 4) is 0 Å². The molecule has 0 spiro atoms. The SMILES string of the molecule is CCCCCN(CC)C(=O)CC[NH]. The van der Waals surface area contributed by atoms with E-state index in [1.54, 1.807) is 0 Å². The Morgan fingerprint density at radius 3 is 2.46 bits per heavy atom. The van der Waals surface area contributed by atoms with Gasteiger partial charge in [-0.05, 0) is 13.3 Å². The molecule has 0 saturated carbocycles. The van der Waals surface area contributed by atoms with Crippen molar-refractivity contribution < 1.29 is 4.79 Å². The molecule has 1 N–H and O–H groups in total. The Morgan fingerprint density at radius 1 is 1.31 bits per heavy atom. The van der Waals surface area contributed by atoms with Crippen LogP contribution >= 0.6 is 0 Å². The van der Waals surface area contributed by atoms with Crippen molar-refractivity contribution in [1.29, 1.82) is 0 Å².